The van der Waals surface area contributed by atoms with E-state index >= 15 is 0 Å². The molecule has 0 radical (unpaired) electrons. The zero-order valence-electron chi connectivity index (χ0n) is 7.65. The van der Waals surface area contributed by atoms with E-state index in [4.69, 9.17) is 5.84 Å². The maximum absolute atomic E-state index is 5.07. The van der Waals surface area contributed by atoms with Gasteiger partial charge < -0.3 is 0 Å². The topological polar surface area (TPSA) is 62.1 Å². The quantitative estimate of drug-likeness (QED) is 0.190. The second kappa shape index (κ2) is 6.54. The minimum atomic E-state index is 0.480. The molecule has 4 heteroatoms. The lowest BCUT2D eigenvalue weighted by Gasteiger charge is -2.20. The van der Waals surface area contributed by atoms with E-state index < -0.39 is 0 Å². The van der Waals surface area contributed by atoms with E-state index in [0.29, 0.717) is 18.6 Å². The van der Waals surface area contributed by atoms with Crippen LogP contribution in [-0.4, -0.2) is 12.7 Å². The van der Waals surface area contributed by atoms with Gasteiger partial charge in [-0.1, -0.05) is 20.3 Å². The van der Waals surface area contributed by atoms with Gasteiger partial charge in [-0.15, -0.1) is 0 Å². The van der Waals surface area contributed by atoms with Gasteiger partial charge in [0, 0.05) is 6.04 Å². The zero-order chi connectivity index (χ0) is 8.69. The fourth-order valence-corrected chi connectivity index (χ4v) is 0.759. The van der Waals surface area contributed by atoms with Gasteiger partial charge in [0.05, 0.1) is 6.67 Å². The average molecular weight is 160 g/mol. The Kier molecular flexibility index (Phi) is 6.45. The molecule has 0 fully saturated rings. The van der Waals surface area contributed by atoms with Gasteiger partial charge in [0.15, 0.2) is 0 Å². The summed E-state index contributed by atoms with van der Waals surface area (Å²) in [6.45, 7) is 7.14. The number of nitrogens with one attached hydrogen (secondary N) is 3. The summed E-state index contributed by atoms with van der Waals surface area (Å²) in [6.07, 6.45) is 1.19. The Labute approximate surface area is 68.9 Å². The highest BCUT2D eigenvalue weighted by Gasteiger charge is 2.07. The van der Waals surface area contributed by atoms with Crippen LogP contribution >= 0.6 is 0 Å². The predicted molar refractivity (Wildman–Crippen MR) is 47.4 cm³/mol. The van der Waals surface area contributed by atoms with Crippen molar-refractivity contribution in [3.63, 3.8) is 0 Å². The number of hydrogen-bond acceptors (Lipinski definition) is 4. The van der Waals surface area contributed by atoms with Crippen molar-refractivity contribution in [3.05, 3.63) is 0 Å². The summed E-state index contributed by atoms with van der Waals surface area (Å²) in [6, 6.07) is 0.480. The van der Waals surface area contributed by atoms with Crippen molar-refractivity contribution in [2.45, 2.75) is 33.2 Å². The lowest BCUT2D eigenvalue weighted by molar-refractivity contribution is 0.338. The molecule has 0 aliphatic rings. The molecule has 0 spiro atoms. The molecule has 5 N–H and O–H groups in total. The normalized spacial score (nSPS) is 16.4. The third-order valence-corrected chi connectivity index (χ3v) is 2.02. The molecule has 4 nitrogen and oxygen atoms in total. The van der Waals surface area contributed by atoms with Crippen LogP contribution in [0.2, 0.25) is 0 Å². The summed E-state index contributed by atoms with van der Waals surface area (Å²) in [5.74, 6) is 5.75. The monoisotopic (exact) mass is 160 g/mol. The van der Waals surface area contributed by atoms with E-state index in [9.17, 15) is 0 Å². The Hall–Kier alpha value is -0.160. The molecule has 0 unspecified atom stereocenters. The van der Waals surface area contributed by atoms with Crippen molar-refractivity contribution >= 4 is 0 Å². The Morgan fingerprint density at radius 2 is 2.00 bits per heavy atom. The third kappa shape index (κ3) is 5.15. The molecular weight excluding hydrogens is 140 g/mol. The van der Waals surface area contributed by atoms with Crippen LogP contribution in [0.1, 0.15) is 27.2 Å². The fourth-order valence-electron chi connectivity index (χ4n) is 0.759. The Balaban J connectivity index is 3.28. The van der Waals surface area contributed by atoms with E-state index in [1.807, 2.05) is 0 Å². The van der Waals surface area contributed by atoms with Crippen molar-refractivity contribution in [1.82, 2.24) is 16.3 Å². The van der Waals surface area contributed by atoms with Crippen molar-refractivity contribution in [2.75, 3.05) is 6.67 Å². The summed E-state index contributed by atoms with van der Waals surface area (Å²) in [5, 5.41) is 0. The molecule has 2 atom stereocenters. The van der Waals surface area contributed by atoms with Crippen molar-refractivity contribution in [1.29, 1.82) is 0 Å². The highest BCUT2D eigenvalue weighted by Crippen LogP contribution is 2.04. The summed E-state index contributed by atoms with van der Waals surface area (Å²) in [7, 11) is 0. The summed E-state index contributed by atoms with van der Waals surface area (Å²) in [4.78, 5) is 0. The minimum Gasteiger partial charge on any atom is -0.270 e. The number of hydrazine groups is 2. The maximum Gasteiger partial charge on any atom is 0.0718 e. The molecule has 0 aliphatic heterocycles. The van der Waals surface area contributed by atoms with Crippen LogP contribution < -0.4 is 22.1 Å². The van der Waals surface area contributed by atoms with Crippen LogP contribution in [0.4, 0.5) is 0 Å². The molecule has 0 aliphatic carbocycles. The molecule has 11 heavy (non-hydrogen) atoms. The van der Waals surface area contributed by atoms with E-state index in [2.05, 4.69) is 37.0 Å². The highest BCUT2D eigenvalue weighted by molar-refractivity contribution is 4.63. The van der Waals surface area contributed by atoms with Crippen LogP contribution in [0.15, 0.2) is 0 Å². The Morgan fingerprint density at radius 1 is 1.36 bits per heavy atom. The number of rotatable bonds is 6. The minimum absolute atomic E-state index is 0.480. The molecule has 0 amide bonds. The van der Waals surface area contributed by atoms with Gasteiger partial charge in [-0.25, -0.2) is 10.9 Å². The second-order valence-corrected chi connectivity index (χ2v) is 2.88. The highest BCUT2D eigenvalue weighted by atomic mass is 15.4. The van der Waals surface area contributed by atoms with E-state index in [-0.39, 0.29) is 0 Å². The number of hydrogen-bond donors (Lipinski definition) is 4. The van der Waals surface area contributed by atoms with Crippen LogP contribution in [-0.2, 0) is 0 Å². The van der Waals surface area contributed by atoms with Crippen molar-refractivity contribution in [2.24, 2.45) is 11.8 Å². The van der Waals surface area contributed by atoms with Crippen LogP contribution in [0.3, 0.4) is 0 Å². The molecule has 0 aromatic carbocycles. The van der Waals surface area contributed by atoms with Gasteiger partial charge in [0.2, 0.25) is 0 Å². The van der Waals surface area contributed by atoms with Gasteiger partial charge in [0.25, 0.3) is 0 Å². The second-order valence-electron chi connectivity index (χ2n) is 2.88. The predicted octanol–water partition coefficient (Wildman–Crippen LogP) is -0.0640. The lowest BCUT2D eigenvalue weighted by atomic mass is 10.0. The molecule has 68 valence electrons. The molecule has 0 aromatic heterocycles. The van der Waals surface area contributed by atoms with Gasteiger partial charge in [0.1, 0.15) is 0 Å². The molecular formula is C7H20N4. The van der Waals surface area contributed by atoms with E-state index in [1.165, 1.54) is 6.42 Å². The van der Waals surface area contributed by atoms with Crippen molar-refractivity contribution in [3.8, 4) is 0 Å². The number of nitrogens with two attached hydrogens (primary N) is 1. The Bertz CT molecular complexity index is 86.5. The maximum atomic E-state index is 5.07. The first-order chi connectivity index (χ1) is 5.22. The summed E-state index contributed by atoms with van der Waals surface area (Å²) in [5.41, 5.74) is 8.61. The first-order valence-corrected chi connectivity index (χ1v) is 4.14. The first-order valence-electron chi connectivity index (χ1n) is 4.14. The van der Waals surface area contributed by atoms with Gasteiger partial charge in [-0.3, -0.25) is 11.3 Å². The zero-order valence-corrected chi connectivity index (χ0v) is 7.65. The van der Waals surface area contributed by atoms with Crippen LogP contribution in [0, 0.1) is 5.92 Å². The van der Waals surface area contributed by atoms with Crippen LogP contribution in [0.5, 0.6) is 0 Å². The molecule has 0 saturated heterocycles. The molecule has 0 heterocycles. The first kappa shape index (κ1) is 10.8. The average Bonchev–Trinajstić information content (AvgIpc) is 2.03. The van der Waals surface area contributed by atoms with Crippen LogP contribution in [0.25, 0.3) is 0 Å². The third-order valence-electron chi connectivity index (χ3n) is 2.02. The molecule has 0 saturated carbocycles. The van der Waals surface area contributed by atoms with Crippen molar-refractivity contribution < 1.29 is 0 Å². The van der Waals surface area contributed by atoms with Gasteiger partial charge >= 0.3 is 0 Å². The Morgan fingerprint density at radius 3 is 2.45 bits per heavy atom. The molecule has 0 rings (SSSR count). The fraction of sp³-hybridized carbons (Fsp3) is 1.00. The van der Waals surface area contributed by atoms with Gasteiger partial charge in [-0.2, -0.15) is 0 Å². The standard InChI is InChI=1S/C7H20N4/c1-4-6(2)7(3)11-10-5-9-8/h6-7,9-11H,4-5,8H2,1-3H3/t6-,7-/m1/s1. The molecule has 0 aromatic rings. The smallest absolute Gasteiger partial charge is 0.0718 e. The lowest BCUT2D eigenvalue weighted by Crippen LogP contribution is -2.47. The van der Waals surface area contributed by atoms with E-state index in [0.717, 1.165) is 0 Å². The SMILES string of the molecule is CC[C@@H](C)[C@@H](C)NNCNN. The van der Waals surface area contributed by atoms with E-state index in [1.54, 1.807) is 0 Å². The molecule has 0 bridgehead atoms. The van der Waals surface area contributed by atoms with Gasteiger partial charge in [-0.05, 0) is 12.8 Å². The summed E-state index contributed by atoms with van der Waals surface area (Å²) >= 11 is 0. The largest absolute Gasteiger partial charge is 0.270 e. The summed E-state index contributed by atoms with van der Waals surface area (Å²) < 4.78 is 0.